The number of rotatable bonds is 7. The van der Waals surface area contributed by atoms with Crippen LogP contribution in [0, 0.1) is 72.7 Å². The summed E-state index contributed by atoms with van der Waals surface area (Å²) >= 11 is 0. The summed E-state index contributed by atoms with van der Waals surface area (Å²) in [6.07, 6.45) is 5.50. The molecule has 11 nitrogen and oxygen atoms in total. The van der Waals surface area contributed by atoms with Crippen LogP contribution in [-0.4, -0.2) is 57.0 Å². The van der Waals surface area contributed by atoms with Crippen molar-refractivity contribution in [3.05, 3.63) is 329 Å². The summed E-state index contributed by atoms with van der Waals surface area (Å²) in [6.45, 7) is 23.4. The van der Waals surface area contributed by atoms with Gasteiger partial charge in [0.1, 0.15) is 0 Å². The van der Waals surface area contributed by atoms with E-state index in [9.17, 15) is 14.4 Å². The van der Waals surface area contributed by atoms with Gasteiger partial charge in [-0.25, -0.2) is 0 Å². The Bertz CT molecular complexity index is 5590. The van der Waals surface area contributed by atoms with Gasteiger partial charge in [-0.1, -0.05) is 156 Å². The monoisotopic (exact) mass is 2130 g/mol. The molecule has 0 amide bonds. The number of aromatic nitrogens is 5. The Morgan fingerprint density at radius 2 is 0.925 bits per heavy atom. The fraction of sp³-hybridized carbons (Fsp3) is 0.141. The zero-order valence-corrected chi connectivity index (χ0v) is 71.4. The minimum absolute atomic E-state index is 0. The predicted molar refractivity (Wildman–Crippen MR) is 424 cm³/mol. The molecule has 0 atom stereocenters. The smallest absolute Gasteiger partial charge is 0.155 e. The molecule has 15 rings (SSSR count). The first-order chi connectivity index (χ1) is 49.4. The number of benzene rings is 10. The van der Waals surface area contributed by atoms with Crippen molar-refractivity contribution in [2.45, 2.75) is 90.0 Å². The Kier molecular flexibility index (Phi) is 34.3. The Labute approximate surface area is 681 Å². The van der Waals surface area contributed by atoms with Crippen molar-refractivity contribution in [3.63, 3.8) is 0 Å². The van der Waals surface area contributed by atoms with Gasteiger partial charge in [-0.3, -0.25) is 34.3 Å². The number of hydrogen-bond donors (Lipinski definition) is 3. The SMILES string of the molecule is CC(=O)C=C(C)O.CC(=O)C=C(C)O.CC(=O)C=C(C)O.Cc1cc(-c2[c-]ccc3ccccc23)nc2ccccc12.Cc1cc2ccccc2nc1-c1[c-]cccc1.Cc1cc[c-]c(-c2ccc3ccc(C)cc3n2)c1.Cc1ccc2c(c1)c1ccc[c-]c1c1ncc(-c3c(C)cccc3C)n21.[Ir].[Ir].[Ir].[Ir]. The Morgan fingerprint density at radius 1 is 0.383 bits per heavy atom. The summed E-state index contributed by atoms with van der Waals surface area (Å²) in [5.74, 6) is -0.187. The van der Waals surface area contributed by atoms with Gasteiger partial charge in [-0.15, -0.1) is 130 Å². The summed E-state index contributed by atoms with van der Waals surface area (Å²) in [7, 11) is 0. The third-order valence-corrected chi connectivity index (χ3v) is 16.4. The molecule has 0 saturated carbocycles. The molecule has 552 valence electrons. The fourth-order valence-corrected chi connectivity index (χ4v) is 11.9. The number of carbonyl (C=O) groups excluding carboxylic acids is 3. The van der Waals surface area contributed by atoms with Crippen LogP contribution < -0.4 is 0 Å². The van der Waals surface area contributed by atoms with Crippen LogP contribution in [0.5, 0.6) is 0 Å². The van der Waals surface area contributed by atoms with Crippen molar-refractivity contribution in [1.29, 1.82) is 0 Å². The Balaban J connectivity index is 0.000000234. The molecule has 5 heterocycles. The van der Waals surface area contributed by atoms with E-state index in [2.05, 4.69) is 235 Å². The number of allylic oxidation sites excluding steroid dienone is 6. The molecule has 0 aliphatic heterocycles. The van der Waals surface area contributed by atoms with Crippen molar-refractivity contribution in [3.8, 4) is 45.0 Å². The van der Waals surface area contributed by atoms with Crippen molar-refractivity contribution >= 4 is 88.2 Å². The molecule has 107 heavy (non-hydrogen) atoms. The van der Waals surface area contributed by atoms with E-state index in [1.807, 2.05) is 72.9 Å². The summed E-state index contributed by atoms with van der Waals surface area (Å²) < 4.78 is 2.29. The van der Waals surface area contributed by atoms with Gasteiger partial charge in [0.15, 0.2) is 17.3 Å². The fourth-order valence-electron chi connectivity index (χ4n) is 11.9. The number of fused-ring (bicyclic) bond motifs is 10. The van der Waals surface area contributed by atoms with Crippen LogP contribution in [-0.2, 0) is 94.8 Å². The van der Waals surface area contributed by atoms with Crippen molar-refractivity contribution in [2.24, 2.45) is 0 Å². The number of hydrogen-bond acceptors (Lipinski definition) is 10. The first-order valence-electron chi connectivity index (χ1n) is 33.8. The molecule has 5 aromatic heterocycles. The van der Waals surface area contributed by atoms with Crippen molar-refractivity contribution < 1.29 is 110 Å². The summed E-state index contributed by atoms with van der Waals surface area (Å²) in [6, 6.07) is 90.4. The molecule has 15 heteroatoms. The van der Waals surface area contributed by atoms with Crippen molar-refractivity contribution in [2.75, 3.05) is 0 Å². The zero-order valence-electron chi connectivity index (χ0n) is 61.8. The molecule has 0 saturated heterocycles. The number of pyridine rings is 4. The quantitative estimate of drug-likeness (QED) is 0.0605. The summed E-state index contributed by atoms with van der Waals surface area (Å²) in [4.78, 5) is 49.1. The molecule has 4 radical (unpaired) electrons. The average Bonchev–Trinajstić information content (AvgIpc) is 1.65. The maximum atomic E-state index is 10.0. The van der Waals surface area contributed by atoms with Gasteiger partial charge in [-0.05, 0) is 163 Å². The molecule has 0 fully saturated rings. The van der Waals surface area contributed by atoms with E-state index >= 15 is 0 Å². The van der Waals surface area contributed by atoms with Gasteiger partial charge in [-0.2, -0.15) is 0 Å². The third-order valence-electron chi connectivity index (χ3n) is 16.4. The van der Waals surface area contributed by atoms with E-state index in [0.717, 1.165) is 67.0 Å². The second-order valence-electron chi connectivity index (χ2n) is 25.3. The van der Waals surface area contributed by atoms with E-state index in [4.69, 9.17) is 35.3 Å². The number of ketones is 3. The molecular weight excluding hydrogens is 2040 g/mol. The van der Waals surface area contributed by atoms with Crippen molar-refractivity contribution in [1.82, 2.24) is 24.3 Å². The normalized spacial score (nSPS) is 10.8. The number of aryl methyl sites for hydroxylation is 7. The van der Waals surface area contributed by atoms with Crippen LogP contribution in [0.1, 0.15) is 80.5 Å². The van der Waals surface area contributed by atoms with Gasteiger partial charge in [0.05, 0.1) is 45.2 Å². The molecule has 0 unspecified atom stereocenters. The number of para-hydroxylation sites is 2. The largest absolute Gasteiger partial charge is 0.512 e. The molecule has 0 aliphatic carbocycles. The number of aliphatic hydroxyl groups excluding tert-OH is 3. The molecule has 0 spiro atoms. The topological polar surface area (TPSA) is 168 Å². The standard InChI is InChI=1S/C24H19N2.C20H14N.C17H14N.C16H12N.3C5H8O2.4Ir/c1-15-11-12-21-20(13-15)18-9-4-5-10-19(18)24-25-14-22(26(21)24)23-16(2)7-6-8-17(23)3;1-14-13-20(21-19-12-5-4-9-16(14)19)18-11-6-8-15-7-2-3-10-17(15)18;1-12-4-3-5-15(10-12)16-9-8-14-7-6-13(2)11-17(14)18-16;1-12-11-14-9-5-6-10-15(14)17-16(12)13-7-3-2-4-8-13;3*1-4(6)3-5(2)7;;;;/h4-9,11-14H,1-3H3;2-10,12-13H,1H3;3-4,6-11H,1-2H3;2-7,9-11H,1H3;3*3,6H,1-2H3;;;;/q4*-1;;;;;;;. The van der Waals surface area contributed by atoms with E-state index in [0.29, 0.717) is 0 Å². The second kappa shape index (κ2) is 41.9. The minimum atomic E-state index is -0.125. The number of nitrogens with zero attached hydrogens (tertiary/aromatic N) is 5. The van der Waals surface area contributed by atoms with Crippen LogP contribution in [0.3, 0.4) is 0 Å². The van der Waals surface area contributed by atoms with E-state index in [-0.39, 0.29) is 115 Å². The summed E-state index contributed by atoms with van der Waals surface area (Å²) in [5, 5.41) is 34.6. The van der Waals surface area contributed by atoms with Crippen LogP contribution >= 0.6 is 0 Å². The zero-order chi connectivity index (χ0) is 73.9. The van der Waals surface area contributed by atoms with E-state index < -0.39 is 0 Å². The molecule has 0 bridgehead atoms. The van der Waals surface area contributed by atoms with Gasteiger partial charge in [0.25, 0.3) is 0 Å². The Hall–Kier alpha value is -9.87. The first-order valence-corrected chi connectivity index (χ1v) is 33.8. The maximum absolute atomic E-state index is 10.0. The molecule has 15 aromatic rings. The van der Waals surface area contributed by atoms with Gasteiger partial charge >= 0.3 is 0 Å². The van der Waals surface area contributed by atoms with E-state index in [1.165, 1.54) is 147 Å². The second-order valence-corrected chi connectivity index (χ2v) is 25.3. The van der Waals surface area contributed by atoms with Gasteiger partial charge in [0.2, 0.25) is 0 Å². The van der Waals surface area contributed by atoms with Gasteiger partial charge in [0, 0.05) is 121 Å². The summed E-state index contributed by atoms with van der Waals surface area (Å²) in [5.41, 5.74) is 22.5. The number of carbonyl (C=O) groups is 3. The number of aliphatic hydroxyl groups is 3. The third kappa shape index (κ3) is 24.1. The number of imidazole rings is 1. The van der Waals surface area contributed by atoms with Crippen LogP contribution in [0.25, 0.3) is 116 Å². The van der Waals surface area contributed by atoms with Gasteiger partial charge < -0.3 is 19.7 Å². The molecule has 10 aromatic carbocycles. The predicted octanol–water partition coefficient (Wildman–Crippen LogP) is 22.6. The van der Waals surface area contributed by atoms with Crippen LogP contribution in [0.2, 0.25) is 0 Å². The molecular formula is C92H83Ir4N5O6-4. The van der Waals surface area contributed by atoms with E-state index in [1.54, 1.807) is 0 Å². The first kappa shape index (κ1) is 87.8. The van der Waals surface area contributed by atoms with Crippen LogP contribution in [0.4, 0.5) is 0 Å². The molecule has 0 aliphatic rings. The maximum Gasteiger partial charge on any atom is 0.155 e. The average molecular weight is 2120 g/mol. The Morgan fingerprint density at radius 3 is 1.55 bits per heavy atom. The van der Waals surface area contributed by atoms with Crippen LogP contribution in [0.15, 0.2) is 266 Å². The molecule has 3 N–H and O–H groups in total. The minimum Gasteiger partial charge on any atom is -0.512 e.